The fourth-order valence-electron chi connectivity index (χ4n) is 2.51. The van der Waals surface area contributed by atoms with E-state index in [-0.39, 0.29) is 30.1 Å². The number of halogens is 1. The van der Waals surface area contributed by atoms with Crippen LogP contribution in [0.5, 0.6) is 0 Å². The van der Waals surface area contributed by atoms with Crippen molar-refractivity contribution in [2.24, 2.45) is 5.92 Å². The molecule has 0 aromatic carbocycles. The molecule has 2 atom stereocenters. The van der Waals surface area contributed by atoms with Crippen molar-refractivity contribution < 1.29 is 14.6 Å². The van der Waals surface area contributed by atoms with E-state index in [9.17, 15) is 14.7 Å². The molecule has 1 heterocycles. The van der Waals surface area contributed by atoms with Crippen molar-refractivity contribution in [3.63, 3.8) is 0 Å². The first-order valence-electron chi connectivity index (χ1n) is 6.76. The average molecular weight is 316 g/mol. The van der Waals surface area contributed by atoms with Crippen molar-refractivity contribution in [1.29, 1.82) is 0 Å². The molecule has 2 N–H and O–H groups in total. The highest BCUT2D eigenvalue weighted by Crippen LogP contribution is 2.29. The summed E-state index contributed by atoms with van der Waals surface area (Å²) in [5.41, 5.74) is -0.126. The first kappa shape index (κ1) is 15.8. The minimum absolute atomic E-state index is 0.0162. The maximum absolute atomic E-state index is 12.0. The molecule has 2 rings (SSSR count). The SMILES string of the molecule is COC(=O)Cn1ncc(NC2CCCC2CO)c(Cl)c1=O. The summed E-state index contributed by atoms with van der Waals surface area (Å²) in [6.45, 7) is -0.180. The molecular weight excluding hydrogens is 298 g/mol. The third-order valence-corrected chi connectivity index (χ3v) is 4.09. The van der Waals surface area contributed by atoms with Crippen LogP contribution in [-0.4, -0.2) is 40.6 Å². The molecule has 1 aromatic rings. The molecule has 0 aliphatic heterocycles. The highest BCUT2D eigenvalue weighted by Gasteiger charge is 2.27. The second-order valence-corrected chi connectivity index (χ2v) is 5.41. The Morgan fingerprint density at radius 3 is 3.05 bits per heavy atom. The highest BCUT2D eigenvalue weighted by atomic mass is 35.5. The van der Waals surface area contributed by atoms with Crippen molar-refractivity contribution in [1.82, 2.24) is 9.78 Å². The molecule has 1 aromatic heterocycles. The van der Waals surface area contributed by atoms with E-state index in [1.54, 1.807) is 0 Å². The summed E-state index contributed by atoms with van der Waals surface area (Å²) in [7, 11) is 1.24. The zero-order chi connectivity index (χ0) is 15.4. The number of hydrogen-bond donors (Lipinski definition) is 2. The smallest absolute Gasteiger partial charge is 0.327 e. The van der Waals surface area contributed by atoms with Crippen molar-refractivity contribution in [3.8, 4) is 0 Å². The van der Waals surface area contributed by atoms with Crippen LogP contribution in [0.15, 0.2) is 11.0 Å². The van der Waals surface area contributed by atoms with E-state index in [0.29, 0.717) is 5.69 Å². The number of aliphatic hydroxyl groups is 1. The van der Waals surface area contributed by atoms with Gasteiger partial charge in [0, 0.05) is 18.6 Å². The Labute approximate surface area is 126 Å². The Morgan fingerprint density at radius 2 is 2.38 bits per heavy atom. The lowest BCUT2D eigenvalue weighted by atomic mass is 10.1. The normalized spacial score (nSPS) is 21.3. The van der Waals surface area contributed by atoms with Gasteiger partial charge in [-0.05, 0) is 12.8 Å². The van der Waals surface area contributed by atoms with Gasteiger partial charge in [-0.2, -0.15) is 5.10 Å². The minimum Gasteiger partial charge on any atom is -0.468 e. The molecule has 0 spiro atoms. The molecular formula is C13H18ClN3O4. The predicted octanol–water partition coefficient (Wildman–Crippen LogP) is 0.643. The number of methoxy groups -OCH3 is 1. The van der Waals surface area contributed by atoms with E-state index in [2.05, 4.69) is 15.2 Å². The number of carbonyl (C=O) groups is 1. The van der Waals surface area contributed by atoms with E-state index in [4.69, 9.17) is 11.6 Å². The number of nitrogens with one attached hydrogen (secondary N) is 1. The van der Waals surface area contributed by atoms with Crippen LogP contribution in [0.1, 0.15) is 19.3 Å². The molecule has 0 amide bonds. The lowest BCUT2D eigenvalue weighted by Gasteiger charge is -2.20. The maximum atomic E-state index is 12.0. The molecule has 0 bridgehead atoms. The molecule has 1 aliphatic carbocycles. The molecule has 8 heteroatoms. The van der Waals surface area contributed by atoms with E-state index >= 15 is 0 Å². The number of nitrogens with zero attached hydrogens (tertiary/aromatic N) is 2. The van der Waals surface area contributed by atoms with Gasteiger partial charge in [0.15, 0.2) is 0 Å². The molecule has 1 aliphatic rings. The molecule has 21 heavy (non-hydrogen) atoms. The topological polar surface area (TPSA) is 93.5 Å². The van der Waals surface area contributed by atoms with Gasteiger partial charge in [0.1, 0.15) is 11.6 Å². The average Bonchev–Trinajstić information content (AvgIpc) is 2.94. The predicted molar refractivity (Wildman–Crippen MR) is 77.4 cm³/mol. The summed E-state index contributed by atoms with van der Waals surface area (Å²) in [6.07, 6.45) is 4.29. The third kappa shape index (κ3) is 3.54. The van der Waals surface area contributed by atoms with Crippen molar-refractivity contribution in [2.45, 2.75) is 31.8 Å². The lowest BCUT2D eigenvalue weighted by Crippen LogP contribution is -2.31. The van der Waals surface area contributed by atoms with E-state index in [0.717, 1.165) is 23.9 Å². The van der Waals surface area contributed by atoms with Crippen LogP contribution < -0.4 is 10.9 Å². The Hall–Kier alpha value is -1.60. The quantitative estimate of drug-likeness (QED) is 0.775. The van der Waals surface area contributed by atoms with Crippen LogP contribution in [0.2, 0.25) is 5.02 Å². The van der Waals surface area contributed by atoms with Crippen molar-refractivity contribution in [3.05, 3.63) is 21.6 Å². The van der Waals surface area contributed by atoms with Gasteiger partial charge in [-0.15, -0.1) is 0 Å². The van der Waals surface area contributed by atoms with Gasteiger partial charge in [0.05, 0.1) is 19.0 Å². The van der Waals surface area contributed by atoms with Gasteiger partial charge in [-0.3, -0.25) is 9.59 Å². The second-order valence-electron chi connectivity index (χ2n) is 5.04. The number of carbonyl (C=O) groups excluding carboxylic acids is 1. The first-order valence-corrected chi connectivity index (χ1v) is 7.14. The highest BCUT2D eigenvalue weighted by molar-refractivity contribution is 6.32. The molecule has 1 saturated carbocycles. The summed E-state index contributed by atoms with van der Waals surface area (Å²) in [6, 6.07) is 0.0742. The van der Waals surface area contributed by atoms with Gasteiger partial charge in [-0.1, -0.05) is 18.0 Å². The van der Waals surface area contributed by atoms with Gasteiger partial charge in [-0.25, -0.2) is 4.68 Å². The molecule has 0 radical (unpaired) electrons. The van der Waals surface area contributed by atoms with E-state index in [1.807, 2.05) is 0 Å². The van der Waals surface area contributed by atoms with Gasteiger partial charge in [0.25, 0.3) is 5.56 Å². The largest absolute Gasteiger partial charge is 0.468 e. The zero-order valence-electron chi connectivity index (χ0n) is 11.7. The molecule has 7 nitrogen and oxygen atoms in total. The van der Waals surface area contributed by atoms with Crippen molar-refractivity contribution >= 4 is 23.3 Å². The van der Waals surface area contributed by atoms with E-state index in [1.165, 1.54) is 13.3 Å². The van der Waals surface area contributed by atoms with E-state index < -0.39 is 11.5 Å². The fourth-order valence-corrected chi connectivity index (χ4v) is 2.71. The van der Waals surface area contributed by atoms with Gasteiger partial charge >= 0.3 is 5.97 Å². The van der Waals surface area contributed by atoms with Crippen LogP contribution in [0.25, 0.3) is 0 Å². The first-order chi connectivity index (χ1) is 10.1. The van der Waals surface area contributed by atoms with Gasteiger partial charge in [0.2, 0.25) is 0 Å². The minimum atomic E-state index is -0.572. The van der Waals surface area contributed by atoms with Crippen LogP contribution in [-0.2, 0) is 16.1 Å². The summed E-state index contributed by atoms with van der Waals surface area (Å²) in [5.74, 6) is -0.420. The second kappa shape index (κ2) is 6.91. The van der Waals surface area contributed by atoms with Crippen LogP contribution in [0, 0.1) is 5.92 Å². The zero-order valence-corrected chi connectivity index (χ0v) is 12.5. The lowest BCUT2D eigenvalue weighted by molar-refractivity contribution is -0.141. The number of rotatable bonds is 5. The third-order valence-electron chi connectivity index (χ3n) is 3.73. The summed E-state index contributed by atoms with van der Waals surface area (Å²) in [4.78, 5) is 23.2. The Balaban J connectivity index is 2.17. The van der Waals surface area contributed by atoms with Crippen LogP contribution in [0.3, 0.4) is 0 Å². The molecule has 0 saturated heterocycles. The number of anilines is 1. The number of aromatic nitrogens is 2. The summed E-state index contributed by atoms with van der Waals surface area (Å²) < 4.78 is 5.45. The Kier molecular flexibility index (Phi) is 5.19. The van der Waals surface area contributed by atoms with Crippen LogP contribution >= 0.6 is 11.6 Å². The number of hydrogen-bond acceptors (Lipinski definition) is 6. The number of ether oxygens (including phenoxy) is 1. The number of aliphatic hydroxyl groups excluding tert-OH is 1. The monoisotopic (exact) mass is 315 g/mol. The summed E-state index contributed by atoms with van der Waals surface area (Å²) >= 11 is 6.04. The van der Waals surface area contributed by atoms with Crippen molar-refractivity contribution in [2.75, 3.05) is 19.0 Å². The van der Waals surface area contributed by atoms with Crippen LogP contribution in [0.4, 0.5) is 5.69 Å². The summed E-state index contributed by atoms with van der Waals surface area (Å²) in [5, 5.41) is 16.4. The number of esters is 1. The van der Waals surface area contributed by atoms with Gasteiger partial charge < -0.3 is 15.2 Å². The maximum Gasteiger partial charge on any atom is 0.327 e. The fraction of sp³-hybridized carbons (Fsp3) is 0.615. The Bertz CT molecular complexity index is 575. The molecule has 1 fully saturated rings. The molecule has 116 valence electrons. The Morgan fingerprint density at radius 1 is 1.62 bits per heavy atom. The standard InChI is InChI=1S/C13H18ClN3O4/c1-21-11(19)6-17-13(20)12(14)10(5-15-17)16-9-4-2-3-8(9)7-18/h5,8-9,16,18H,2-4,6-7H2,1H3. The molecule has 2 unspecified atom stereocenters.